The van der Waals surface area contributed by atoms with E-state index >= 15 is 0 Å². The largest absolute Gasteiger partial charge is 0.462 e. The molecule has 0 radical (unpaired) electrons. The Kier molecular flexibility index (Phi) is 4.64. The Hall–Kier alpha value is -1.73. The standard InChI is InChI=1S/C12H15N3O3S/c1-3-18-12(16)10-8(14-6-7-17-2)9-11(19-10)15-5-4-13-9/h4-5,14H,3,6-7H2,1-2H3. The normalized spacial score (nSPS) is 10.6. The minimum Gasteiger partial charge on any atom is -0.462 e. The van der Waals surface area contributed by atoms with Crippen LogP contribution in [0.4, 0.5) is 5.69 Å². The number of methoxy groups -OCH3 is 1. The van der Waals surface area contributed by atoms with Gasteiger partial charge >= 0.3 is 5.97 Å². The minimum absolute atomic E-state index is 0.339. The monoisotopic (exact) mass is 281 g/mol. The van der Waals surface area contributed by atoms with E-state index in [2.05, 4.69) is 15.3 Å². The fourth-order valence-electron chi connectivity index (χ4n) is 1.61. The number of esters is 1. The molecule has 0 amide bonds. The van der Waals surface area contributed by atoms with Gasteiger partial charge in [0.25, 0.3) is 0 Å². The molecule has 2 rings (SSSR count). The lowest BCUT2D eigenvalue weighted by atomic mass is 10.3. The van der Waals surface area contributed by atoms with Gasteiger partial charge < -0.3 is 14.8 Å². The zero-order chi connectivity index (χ0) is 13.7. The van der Waals surface area contributed by atoms with Crippen molar-refractivity contribution in [3.8, 4) is 0 Å². The zero-order valence-corrected chi connectivity index (χ0v) is 11.6. The summed E-state index contributed by atoms with van der Waals surface area (Å²) in [7, 11) is 1.62. The van der Waals surface area contributed by atoms with E-state index < -0.39 is 0 Å². The first kappa shape index (κ1) is 13.7. The van der Waals surface area contributed by atoms with Gasteiger partial charge in [-0.1, -0.05) is 0 Å². The number of thiophene rings is 1. The van der Waals surface area contributed by atoms with Gasteiger partial charge in [0.05, 0.1) is 18.9 Å². The number of carbonyl (C=O) groups excluding carboxylic acids is 1. The summed E-state index contributed by atoms with van der Waals surface area (Å²) in [5.41, 5.74) is 1.36. The van der Waals surface area contributed by atoms with Crippen LogP contribution in [0.1, 0.15) is 16.6 Å². The molecule has 0 aliphatic rings. The highest BCUT2D eigenvalue weighted by Gasteiger charge is 2.20. The van der Waals surface area contributed by atoms with E-state index in [1.807, 2.05) is 0 Å². The number of ether oxygens (including phenoxy) is 2. The second kappa shape index (κ2) is 6.44. The molecule has 2 heterocycles. The molecule has 0 aliphatic heterocycles. The van der Waals surface area contributed by atoms with Crippen molar-refractivity contribution in [3.05, 3.63) is 17.3 Å². The van der Waals surface area contributed by atoms with Gasteiger partial charge in [0.2, 0.25) is 0 Å². The molecular weight excluding hydrogens is 266 g/mol. The molecule has 0 aliphatic carbocycles. The highest BCUT2D eigenvalue weighted by atomic mass is 32.1. The first-order chi connectivity index (χ1) is 9.27. The van der Waals surface area contributed by atoms with Gasteiger partial charge in [0, 0.05) is 26.0 Å². The SMILES string of the molecule is CCOC(=O)c1sc2nccnc2c1NCCOC. The number of anilines is 1. The lowest BCUT2D eigenvalue weighted by Crippen LogP contribution is -2.11. The molecule has 0 aromatic carbocycles. The molecule has 0 saturated heterocycles. The number of carbonyl (C=O) groups is 1. The Balaban J connectivity index is 2.37. The summed E-state index contributed by atoms with van der Waals surface area (Å²) in [6.45, 7) is 3.25. The van der Waals surface area contributed by atoms with Crippen LogP contribution >= 0.6 is 11.3 Å². The first-order valence-electron chi connectivity index (χ1n) is 5.91. The predicted octanol–water partition coefficient (Wildman–Crippen LogP) is 1.93. The number of rotatable bonds is 6. The molecule has 0 bridgehead atoms. The first-order valence-corrected chi connectivity index (χ1v) is 6.73. The number of hydrogen-bond acceptors (Lipinski definition) is 7. The molecule has 2 aromatic rings. The Morgan fingerprint density at radius 3 is 2.95 bits per heavy atom. The topological polar surface area (TPSA) is 73.3 Å². The molecule has 0 unspecified atom stereocenters. The fourth-order valence-corrected chi connectivity index (χ4v) is 2.58. The Morgan fingerprint density at radius 1 is 1.42 bits per heavy atom. The van der Waals surface area contributed by atoms with Crippen molar-refractivity contribution < 1.29 is 14.3 Å². The number of aromatic nitrogens is 2. The lowest BCUT2D eigenvalue weighted by molar-refractivity contribution is 0.0533. The smallest absolute Gasteiger partial charge is 0.350 e. The molecule has 19 heavy (non-hydrogen) atoms. The van der Waals surface area contributed by atoms with Gasteiger partial charge in [-0.25, -0.2) is 14.8 Å². The van der Waals surface area contributed by atoms with Crippen LogP contribution in [0.5, 0.6) is 0 Å². The summed E-state index contributed by atoms with van der Waals surface area (Å²) in [6.07, 6.45) is 3.21. The molecule has 0 atom stereocenters. The molecule has 102 valence electrons. The third kappa shape index (κ3) is 2.99. The molecule has 2 aromatic heterocycles. The molecular formula is C12H15N3O3S. The van der Waals surface area contributed by atoms with Gasteiger partial charge in [0.1, 0.15) is 15.2 Å². The summed E-state index contributed by atoms with van der Waals surface area (Å²) >= 11 is 1.28. The second-order valence-electron chi connectivity index (χ2n) is 3.66. The van der Waals surface area contributed by atoms with E-state index in [0.717, 1.165) is 0 Å². The molecule has 0 spiro atoms. The number of hydrogen-bond donors (Lipinski definition) is 1. The lowest BCUT2D eigenvalue weighted by Gasteiger charge is -2.06. The molecule has 1 N–H and O–H groups in total. The van der Waals surface area contributed by atoms with Crippen molar-refractivity contribution >= 4 is 33.3 Å². The van der Waals surface area contributed by atoms with Crippen LogP contribution in [0.25, 0.3) is 10.3 Å². The summed E-state index contributed by atoms with van der Waals surface area (Å²) in [4.78, 5) is 21.6. The van der Waals surface area contributed by atoms with Crippen LogP contribution in [0.3, 0.4) is 0 Å². The summed E-state index contributed by atoms with van der Waals surface area (Å²) in [6, 6.07) is 0. The number of nitrogens with one attached hydrogen (secondary N) is 1. The van der Waals surface area contributed by atoms with Crippen molar-refractivity contribution in [2.24, 2.45) is 0 Å². The second-order valence-corrected chi connectivity index (χ2v) is 4.66. The highest BCUT2D eigenvalue weighted by Crippen LogP contribution is 2.33. The van der Waals surface area contributed by atoms with Crippen LogP contribution in [0.15, 0.2) is 12.4 Å². The zero-order valence-electron chi connectivity index (χ0n) is 10.8. The van der Waals surface area contributed by atoms with Gasteiger partial charge in [-0.15, -0.1) is 11.3 Å². The van der Waals surface area contributed by atoms with E-state index in [1.54, 1.807) is 26.4 Å². The summed E-state index contributed by atoms with van der Waals surface area (Å²) < 4.78 is 10.0. The van der Waals surface area contributed by atoms with Gasteiger partial charge in [-0.05, 0) is 6.92 Å². The average molecular weight is 281 g/mol. The fraction of sp³-hybridized carbons (Fsp3) is 0.417. The number of fused-ring (bicyclic) bond motifs is 1. The quantitative estimate of drug-likeness (QED) is 0.644. The minimum atomic E-state index is -0.354. The Labute approximate surface area is 114 Å². The molecule has 6 nitrogen and oxygen atoms in total. The maximum atomic E-state index is 11.9. The van der Waals surface area contributed by atoms with E-state index in [0.29, 0.717) is 40.7 Å². The van der Waals surface area contributed by atoms with Crippen LogP contribution in [0, 0.1) is 0 Å². The summed E-state index contributed by atoms with van der Waals surface area (Å²) in [5.74, 6) is -0.354. The van der Waals surface area contributed by atoms with Crippen LogP contribution < -0.4 is 5.32 Å². The maximum absolute atomic E-state index is 11.9. The van der Waals surface area contributed by atoms with Gasteiger partial charge in [0.15, 0.2) is 0 Å². The average Bonchev–Trinajstić information content (AvgIpc) is 2.79. The van der Waals surface area contributed by atoms with Crippen molar-refractivity contribution in [2.45, 2.75) is 6.92 Å². The highest BCUT2D eigenvalue weighted by molar-refractivity contribution is 7.21. The van der Waals surface area contributed by atoms with Crippen molar-refractivity contribution in [2.75, 3.05) is 32.2 Å². The third-order valence-electron chi connectivity index (χ3n) is 2.40. The van der Waals surface area contributed by atoms with Gasteiger partial charge in [-0.3, -0.25) is 0 Å². The van der Waals surface area contributed by atoms with Gasteiger partial charge in [-0.2, -0.15) is 0 Å². The predicted molar refractivity (Wildman–Crippen MR) is 73.7 cm³/mol. The third-order valence-corrected chi connectivity index (χ3v) is 3.46. The molecule has 7 heteroatoms. The van der Waals surface area contributed by atoms with E-state index in [4.69, 9.17) is 9.47 Å². The molecule has 0 saturated carbocycles. The van der Waals surface area contributed by atoms with Crippen molar-refractivity contribution in [1.29, 1.82) is 0 Å². The van der Waals surface area contributed by atoms with Crippen LogP contribution in [0.2, 0.25) is 0 Å². The van der Waals surface area contributed by atoms with Crippen LogP contribution in [-0.2, 0) is 9.47 Å². The summed E-state index contributed by atoms with van der Waals surface area (Å²) in [5, 5.41) is 3.16. The van der Waals surface area contributed by atoms with E-state index in [1.165, 1.54) is 11.3 Å². The van der Waals surface area contributed by atoms with Crippen LogP contribution in [-0.4, -0.2) is 42.8 Å². The Bertz CT molecular complexity index is 570. The van der Waals surface area contributed by atoms with Crippen molar-refractivity contribution in [3.63, 3.8) is 0 Å². The van der Waals surface area contributed by atoms with Crippen molar-refractivity contribution in [1.82, 2.24) is 9.97 Å². The van der Waals surface area contributed by atoms with E-state index in [9.17, 15) is 4.79 Å². The van der Waals surface area contributed by atoms with E-state index in [-0.39, 0.29) is 5.97 Å². The molecule has 0 fully saturated rings. The maximum Gasteiger partial charge on any atom is 0.350 e. The number of nitrogens with zero attached hydrogens (tertiary/aromatic N) is 2. The Morgan fingerprint density at radius 2 is 2.21 bits per heavy atom.